The summed E-state index contributed by atoms with van der Waals surface area (Å²) in [5.74, 6) is 2.78. The van der Waals surface area contributed by atoms with Crippen LogP contribution >= 0.6 is 46.4 Å². The van der Waals surface area contributed by atoms with E-state index in [0.29, 0.717) is 31.4 Å². The molecular weight excluding hydrogens is 862 g/mol. The lowest BCUT2D eigenvalue weighted by atomic mass is 9.78. The summed E-state index contributed by atoms with van der Waals surface area (Å²) < 4.78 is 41.9. The van der Waals surface area contributed by atoms with Gasteiger partial charge in [-0.3, -0.25) is 13.9 Å². The summed E-state index contributed by atoms with van der Waals surface area (Å²) in [5.41, 5.74) is 0.756. The number of carbonyl (C=O) groups excluding carboxylic acids is 1. The second-order valence-corrected chi connectivity index (χ2v) is 20.7. The Morgan fingerprint density at radius 2 is 1.31 bits per heavy atom. The fourth-order valence-corrected chi connectivity index (χ4v) is 6.74. The zero-order valence-corrected chi connectivity index (χ0v) is 40.7. The molecule has 1 fully saturated rings. The van der Waals surface area contributed by atoms with E-state index < -0.39 is 27.2 Å². The van der Waals surface area contributed by atoms with Gasteiger partial charge in [0.25, 0.3) is 10.1 Å². The van der Waals surface area contributed by atoms with Crippen LogP contribution in [0.4, 0.5) is 0 Å². The van der Waals surface area contributed by atoms with Crippen LogP contribution in [0.3, 0.4) is 0 Å². The number of ether oxygens (including phenoxy) is 3. The van der Waals surface area contributed by atoms with E-state index in [2.05, 4.69) is 47.7 Å². The molecule has 16 heteroatoms. The number of amides is 1. The first kappa shape index (κ1) is 56.7. The summed E-state index contributed by atoms with van der Waals surface area (Å²) in [6, 6.07) is 7.06. The number of hydrogen-bond donors (Lipinski definition) is 3. The maximum Gasteiger partial charge on any atom is 0.264 e. The molecule has 0 bridgehead atoms. The Hall–Kier alpha value is -2.28. The van der Waals surface area contributed by atoms with Gasteiger partial charge in [0, 0.05) is 42.1 Å². The molecular formula is C43H66Cl4N2O9S. The average molecular weight is 929 g/mol. The maximum atomic E-state index is 10.6. The molecule has 1 aliphatic heterocycles. The highest BCUT2D eigenvalue weighted by atomic mass is 35.5. The number of nitrogens with one attached hydrogen (secondary N) is 1. The van der Waals surface area contributed by atoms with Crippen molar-refractivity contribution in [2.75, 3.05) is 52.4 Å². The molecule has 3 rings (SSSR count). The highest BCUT2D eigenvalue weighted by Crippen LogP contribution is 2.44. The van der Waals surface area contributed by atoms with Crippen molar-refractivity contribution in [2.45, 2.75) is 111 Å². The van der Waals surface area contributed by atoms with Crippen LogP contribution in [0, 0.1) is 18.3 Å². The van der Waals surface area contributed by atoms with E-state index in [9.17, 15) is 23.4 Å². The van der Waals surface area contributed by atoms with Crippen LogP contribution in [0.25, 0.3) is 0 Å². The molecule has 2 aromatic rings. The standard InChI is InChI=1S/C25H28Cl4O5.C7H13NO.C6H13N.C5H12O3S/c1-5-6-32-13-18(31)14-34-24-21(28)9-17(10-22(24)29)25(3,4)16-7-19(26)23(20(27)8-16)33-12-15(2)11-30;1-5-6(9)8-7(2,3)4;1-6(2,3)7-4-5-7;1-5(2,3)8-9(4,6)7/h1,7-10,15,18,30-31H,6,11-14H2,2-4H3;5H,1H2,2-4H3,(H,8,9);4-5H2,1-3H3;1-4H3. The first-order valence-electron chi connectivity index (χ1n) is 18.9. The summed E-state index contributed by atoms with van der Waals surface area (Å²) in [4.78, 5) is 13.0. The minimum atomic E-state index is -3.28. The van der Waals surface area contributed by atoms with Crippen molar-refractivity contribution in [3.05, 3.63) is 68.1 Å². The zero-order chi connectivity index (χ0) is 46.2. The molecule has 11 nitrogen and oxygen atoms in total. The second-order valence-electron chi connectivity index (χ2n) is 17.4. The number of benzene rings is 2. The smallest absolute Gasteiger partial charge is 0.264 e. The van der Waals surface area contributed by atoms with Gasteiger partial charge in [0.15, 0.2) is 11.5 Å². The van der Waals surface area contributed by atoms with Gasteiger partial charge >= 0.3 is 0 Å². The quantitative estimate of drug-likeness (QED) is 0.0553. The molecule has 1 aliphatic rings. The van der Waals surface area contributed by atoms with Crippen molar-refractivity contribution >= 4 is 62.4 Å². The SMILES string of the molecule is C#CCOCC(O)COc1c(Cl)cc(C(C)(C)c2cc(Cl)c(OCC(C)CO)c(Cl)c2)cc1Cl.C=CC(=O)NC(C)(C)C.CC(C)(C)N1CC1.CC(C)(C)OS(C)(=O)=O. The predicted molar refractivity (Wildman–Crippen MR) is 243 cm³/mol. The summed E-state index contributed by atoms with van der Waals surface area (Å²) in [6.45, 7) is 29.7. The fraction of sp³-hybridized carbons (Fsp3) is 0.605. The Morgan fingerprint density at radius 3 is 1.56 bits per heavy atom. The van der Waals surface area contributed by atoms with Crippen LogP contribution in [0.5, 0.6) is 11.5 Å². The second kappa shape index (κ2) is 25.0. The molecule has 1 amide bonds. The third-order valence-electron chi connectivity index (χ3n) is 7.66. The van der Waals surface area contributed by atoms with E-state index >= 15 is 0 Å². The highest BCUT2D eigenvalue weighted by Gasteiger charge is 2.30. The minimum absolute atomic E-state index is 0.0000847. The lowest BCUT2D eigenvalue weighted by Crippen LogP contribution is -2.39. The van der Waals surface area contributed by atoms with Gasteiger partial charge < -0.3 is 29.7 Å². The van der Waals surface area contributed by atoms with Gasteiger partial charge in [0.05, 0.1) is 45.2 Å². The molecule has 1 heterocycles. The van der Waals surface area contributed by atoms with Crippen molar-refractivity contribution < 1.29 is 41.8 Å². The van der Waals surface area contributed by atoms with Crippen LogP contribution in [0.1, 0.15) is 94.2 Å². The van der Waals surface area contributed by atoms with Crippen molar-refractivity contribution in [1.82, 2.24) is 10.2 Å². The number of carbonyl (C=O) groups is 1. The molecule has 0 spiro atoms. The molecule has 336 valence electrons. The van der Waals surface area contributed by atoms with Crippen LogP contribution in [0.15, 0.2) is 36.9 Å². The molecule has 0 aliphatic carbocycles. The Morgan fingerprint density at radius 1 is 0.881 bits per heavy atom. The Labute approximate surface area is 374 Å². The average Bonchev–Trinajstić information content (AvgIpc) is 3.92. The lowest BCUT2D eigenvalue weighted by Gasteiger charge is -2.28. The molecule has 0 aromatic heterocycles. The molecule has 2 atom stereocenters. The molecule has 0 saturated carbocycles. The number of hydrogen-bond acceptors (Lipinski definition) is 10. The van der Waals surface area contributed by atoms with Gasteiger partial charge in [-0.1, -0.05) is 79.7 Å². The van der Waals surface area contributed by atoms with Crippen LogP contribution in [0.2, 0.25) is 20.1 Å². The fourth-order valence-electron chi connectivity index (χ4n) is 4.64. The van der Waals surface area contributed by atoms with Crippen molar-refractivity contribution in [3.8, 4) is 23.8 Å². The van der Waals surface area contributed by atoms with Crippen LogP contribution < -0.4 is 14.8 Å². The molecule has 1 saturated heterocycles. The number of halogens is 4. The Bertz CT molecular complexity index is 1750. The summed E-state index contributed by atoms with van der Waals surface area (Å²) in [6.07, 6.45) is 6.53. The Balaban J connectivity index is 0.00000108. The minimum Gasteiger partial charge on any atom is -0.490 e. The van der Waals surface area contributed by atoms with E-state index in [1.165, 1.54) is 19.2 Å². The van der Waals surface area contributed by atoms with E-state index in [4.69, 9.17) is 67.0 Å². The van der Waals surface area contributed by atoms with E-state index in [-0.39, 0.29) is 56.1 Å². The van der Waals surface area contributed by atoms with Gasteiger partial charge in [0.1, 0.15) is 19.3 Å². The monoisotopic (exact) mass is 926 g/mol. The number of rotatable bonds is 14. The third-order valence-corrected chi connectivity index (χ3v) is 9.59. The summed E-state index contributed by atoms with van der Waals surface area (Å²) in [5, 5.41) is 23.2. The highest BCUT2D eigenvalue weighted by molar-refractivity contribution is 7.86. The number of terminal acetylenes is 1. The third kappa shape index (κ3) is 24.7. The number of aliphatic hydroxyl groups excluding tert-OH is 2. The predicted octanol–water partition coefficient (Wildman–Crippen LogP) is 8.97. The van der Waals surface area contributed by atoms with Gasteiger partial charge in [-0.2, -0.15) is 8.42 Å². The van der Waals surface area contributed by atoms with Crippen molar-refractivity contribution in [1.29, 1.82) is 0 Å². The Kier molecular flexibility index (Phi) is 24.0. The van der Waals surface area contributed by atoms with Gasteiger partial charge in [-0.05, 0) is 104 Å². The number of aliphatic hydroxyl groups is 2. The van der Waals surface area contributed by atoms with Crippen molar-refractivity contribution in [2.24, 2.45) is 5.92 Å². The molecule has 2 aromatic carbocycles. The molecule has 59 heavy (non-hydrogen) atoms. The van der Waals surface area contributed by atoms with E-state index in [1.807, 2.05) is 41.5 Å². The lowest BCUT2D eigenvalue weighted by molar-refractivity contribution is -0.117. The number of nitrogens with zero attached hydrogens (tertiary/aromatic N) is 1. The summed E-state index contributed by atoms with van der Waals surface area (Å²) in [7, 11) is -3.28. The van der Waals surface area contributed by atoms with Crippen molar-refractivity contribution in [3.63, 3.8) is 0 Å². The molecule has 0 radical (unpaired) electrons. The summed E-state index contributed by atoms with van der Waals surface area (Å²) >= 11 is 25.9. The van der Waals surface area contributed by atoms with E-state index in [1.54, 1.807) is 45.0 Å². The van der Waals surface area contributed by atoms with Gasteiger partial charge in [0.2, 0.25) is 5.91 Å². The van der Waals surface area contributed by atoms with Gasteiger partial charge in [-0.15, -0.1) is 6.42 Å². The van der Waals surface area contributed by atoms with Crippen LogP contribution in [-0.2, 0) is 29.2 Å². The van der Waals surface area contributed by atoms with Gasteiger partial charge in [-0.25, -0.2) is 0 Å². The topological polar surface area (TPSA) is 144 Å². The largest absolute Gasteiger partial charge is 0.490 e. The van der Waals surface area contributed by atoms with E-state index in [0.717, 1.165) is 17.4 Å². The molecule has 3 N–H and O–H groups in total. The zero-order valence-electron chi connectivity index (χ0n) is 36.9. The molecule has 2 unspecified atom stereocenters. The maximum absolute atomic E-state index is 10.6. The normalized spacial score (nSPS) is 14.1. The first-order valence-corrected chi connectivity index (χ1v) is 22.3. The first-order chi connectivity index (χ1) is 26.8. The van der Waals surface area contributed by atoms with Crippen LogP contribution in [-0.4, -0.2) is 105 Å².